The number of rotatable bonds is 6. The number of Topliss-reactive ketones (excluding diaryl/α,β-unsaturated/α-hetero) is 1. The third-order valence-electron chi connectivity index (χ3n) is 2.48. The number of halogens is 1. The molecule has 0 unspecified atom stereocenters. The Balaban J connectivity index is 2.71. The molecule has 1 aromatic rings. The number of hydrogen-bond donors (Lipinski definition) is 2. The highest BCUT2D eigenvalue weighted by atomic mass is 19.1. The van der Waals surface area contributed by atoms with E-state index in [1.54, 1.807) is 0 Å². The minimum absolute atomic E-state index is 0.00568. The van der Waals surface area contributed by atoms with E-state index in [4.69, 9.17) is 5.11 Å². The first-order valence-corrected chi connectivity index (χ1v) is 5.69. The van der Waals surface area contributed by atoms with Gasteiger partial charge in [0, 0.05) is 12.0 Å². The zero-order valence-electron chi connectivity index (χ0n) is 10.4. The van der Waals surface area contributed by atoms with Crippen LogP contribution < -0.4 is 5.32 Å². The van der Waals surface area contributed by atoms with Gasteiger partial charge >= 0.3 is 5.97 Å². The number of amides is 1. The first-order valence-electron chi connectivity index (χ1n) is 5.69. The van der Waals surface area contributed by atoms with Gasteiger partial charge < -0.3 is 15.2 Å². The Morgan fingerprint density at radius 3 is 2.58 bits per heavy atom. The van der Waals surface area contributed by atoms with E-state index in [-0.39, 0.29) is 24.2 Å². The Morgan fingerprint density at radius 2 is 2.05 bits per heavy atom. The number of carboxylic acid groups (broad SMARTS) is 1. The number of ketones is 1. The van der Waals surface area contributed by atoms with E-state index in [9.17, 15) is 18.8 Å². The summed E-state index contributed by atoms with van der Waals surface area (Å²) in [5.41, 5.74) is 0.0362. The molecule has 0 bridgehead atoms. The highest BCUT2D eigenvalue weighted by molar-refractivity contribution is 5.96. The van der Waals surface area contributed by atoms with Crippen molar-refractivity contribution in [2.45, 2.75) is 25.8 Å². The van der Waals surface area contributed by atoms with Gasteiger partial charge in [0.2, 0.25) is 0 Å². The quantitative estimate of drug-likeness (QED) is 0.815. The van der Waals surface area contributed by atoms with Crippen molar-refractivity contribution in [1.82, 2.24) is 5.32 Å². The number of nitrogens with one attached hydrogen (secondary N) is 1. The zero-order chi connectivity index (χ0) is 14.4. The Labute approximate surface area is 109 Å². The lowest BCUT2D eigenvalue weighted by Gasteiger charge is -2.13. The lowest BCUT2D eigenvalue weighted by molar-refractivity contribution is -0.139. The molecule has 19 heavy (non-hydrogen) atoms. The summed E-state index contributed by atoms with van der Waals surface area (Å²) >= 11 is 0. The molecule has 2 N–H and O–H groups in total. The van der Waals surface area contributed by atoms with Gasteiger partial charge in [-0.05, 0) is 31.5 Å². The average molecular weight is 267 g/mol. The van der Waals surface area contributed by atoms with Gasteiger partial charge in [-0.25, -0.2) is 9.18 Å². The minimum Gasteiger partial charge on any atom is -0.480 e. The molecule has 1 atom stereocenters. The van der Waals surface area contributed by atoms with Crippen molar-refractivity contribution in [3.05, 3.63) is 35.6 Å². The molecule has 0 aliphatic rings. The minimum atomic E-state index is -1.23. The average Bonchev–Trinajstić information content (AvgIpc) is 2.33. The second-order valence-corrected chi connectivity index (χ2v) is 4.12. The summed E-state index contributed by atoms with van der Waals surface area (Å²) in [6.07, 6.45) is 0.0616. The fraction of sp³-hybridized carbons (Fsp3) is 0.308. The molecule has 0 aliphatic heterocycles. The third-order valence-corrected chi connectivity index (χ3v) is 2.48. The molecule has 0 heterocycles. The van der Waals surface area contributed by atoms with Crippen molar-refractivity contribution >= 4 is 17.7 Å². The van der Waals surface area contributed by atoms with Crippen LogP contribution in [0, 0.1) is 5.82 Å². The number of carboxylic acids is 1. The molecule has 1 rings (SSSR count). The monoisotopic (exact) mass is 267 g/mol. The standard InChI is InChI=1S/C13H14FNO4/c1-8(16)5-6-11(13(18)19)15-12(17)9-3-2-4-10(14)7-9/h2-4,7,11H,5-6H2,1H3,(H,15,17)(H,18,19)/t11-/m1/s1. The van der Waals surface area contributed by atoms with E-state index in [1.165, 1.54) is 25.1 Å². The molecule has 6 heteroatoms. The molecule has 0 saturated heterocycles. The van der Waals surface area contributed by atoms with Crippen LogP contribution in [0.4, 0.5) is 4.39 Å². The first-order chi connectivity index (χ1) is 8.90. The summed E-state index contributed by atoms with van der Waals surface area (Å²) in [4.78, 5) is 33.5. The van der Waals surface area contributed by atoms with Crippen LogP contribution in [0.2, 0.25) is 0 Å². The SMILES string of the molecule is CC(=O)CC[C@@H](NC(=O)c1cccc(F)c1)C(=O)O. The lowest BCUT2D eigenvalue weighted by atomic mass is 10.1. The second kappa shape index (κ2) is 6.63. The summed E-state index contributed by atoms with van der Waals surface area (Å²) < 4.78 is 12.9. The lowest BCUT2D eigenvalue weighted by Crippen LogP contribution is -2.41. The molecule has 1 aromatic carbocycles. The van der Waals surface area contributed by atoms with E-state index in [0.29, 0.717) is 0 Å². The Bertz CT molecular complexity index is 501. The highest BCUT2D eigenvalue weighted by Crippen LogP contribution is 2.05. The van der Waals surface area contributed by atoms with Crippen LogP contribution >= 0.6 is 0 Å². The maximum absolute atomic E-state index is 12.9. The van der Waals surface area contributed by atoms with Crippen molar-refractivity contribution in [1.29, 1.82) is 0 Å². The van der Waals surface area contributed by atoms with Crippen LogP contribution in [0.3, 0.4) is 0 Å². The van der Waals surface area contributed by atoms with Gasteiger partial charge in [0.25, 0.3) is 5.91 Å². The van der Waals surface area contributed by atoms with Crippen molar-refractivity contribution in [2.75, 3.05) is 0 Å². The van der Waals surface area contributed by atoms with Crippen LogP contribution in [0.25, 0.3) is 0 Å². The summed E-state index contributed by atoms with van der Waals surface area (Å²) in [6.45, 7) is 1.34. The maximum atomic E-state index is 12.9. The fourth-order valence-corrected chi connectivity index (χ4v) is 1.48. The van der Waals surface area contributed by atoms with Crippen LogP contribution in [-0.2, 0) is 9.59 Å². The molecule has 0 aromatic heterocycles. The molecule has 0 radical (unpaired) electrons. The van der Waals surface area contributed by atoms with Crippen LogP contribution in [0.15, 0.2) is 24.3 Å². The molecule has 0 saturated carbocycles. The molecule has 0 fully saturated rings. The second-order valence-electron chi connectivity index (χ2n) is 4.12. The fourth-order valence-electron chi connectivity index (χ4n) is 1.48. The Hall–Kier alpha value is -2.24. The smallest absolute Gasteiger partial charge is 0.326 e. The van der Waals surface area contributed by atoms with Gasteiger partial charge in [-0.3, -0.25) is 4.79 Å². The number of carbonyl (C=O) groups is 3. The molecule has 102 valence electrons. The molecule has 0 spiro atoms. The van der Waals surface area contributed by atoms with Crippen molar-refractivity contribution in [3.63, 3.8) is 0 Å². The number of benzene rings is 1. The van der Waals surface area contributed by atoms with Gasteiger partial charge in [-0.1, -0.05) is 6.07 Å². The van der Waals surface area contributed by atoms with Crippen molar-refractivity contribution in [2.24, 2.45) is 0 Å². The van der Waals surface area contributed by atoms with Crippen LogP contribution in [0.1, 0.15) is 30.1 Å². The topological polar surface area (TPSA) is 83.5 Å². The molecular formula is C13H14FNO4. The Kier molecular flexibility index (Phi) is 5.17. The predicted octanol–water partition coefficient (Wildman–Crippen LogP) is 1.38. The summed E-state index contributed by atoms with van der Waals surface area (Å²) in [7, 11) is 0. The van der Waals surface area contributed by atoms with E-state index in [1.807, 2.05) is 0 Å². The van der Waals surface area contributed by atoms with E-state index in [0.717, 1.165) is 6.07 Å². The summed E-state index contributed by atoms with van der Waals surface area (Å²) in [5.74, 6) is -2.66. The maximum Gasteiger partial charge on any atom is 0.326 e. The van der Waals surface area contributed by atoms with Gasteiger partial charge in [-0.15, -0.1) is 0 Å². The Morgan fingerprint density at radius 1 is 1.37 bits per heavy atom. The van der Waals surface area contributed by atoms with Crippen molar-refractivity contribution < 1.29 is 23.9 Å². The predicted molar refractivity (Wildman–Crippen MR) is 65.2 cm³/mol. The number of hydrogen-bond acceptors (Lipinski definition) is 3. The zero-order valence-corrected chi connectivity index (χ0v) is 10.4. The van der Waals surface area contributed by atoms with Gasteiger partial charge in [0.1, 0.15) is 17.6 Å². The van der Waals surface area contributed by atoms with E-state index < -0.39 is 23.7 Å². The van der Waals surface area contributed by atoms with Crippen LogP contribution in [-0.4, -0.2) is 28.8 Å². The number of carbonyl (C=O) groups excluding carboxylic acids is 2. The normalized spacial score (nSPS) is 11.7. The molecule has 1 amide bonds. The van der Waals surface area contributed by atoms with E-state index >= 15 is 0 Å². The summed E-state index contributed by atoms with van der Waals surface area (Å²) in [5, 5.41) is 11.2. The van der Waals surface area contributed by atoms with Crippen molar-refractivity contribution in [3.8, 4) is 0 Å². The molecular weight excluding hydrogens is 253 g/mol. The summed E-state index contributed by atoms with van der Waals surface area (Å²) in [6, 6.07) is 3.76. The van der Waals surface area contributed by atoms with E-state index in [2.05, 4.69) is 5.32 Å². The third kappa shape index (κ3) is 4.87. The number of aliphatic carboxylic acids is 1. The molecule has 5 nitrogen and oxygen atoms in total. The molecule has 0 aliphatic carbocycles. The first kappa shape index (κ1) is 14.8. The largest absolute Gasteiger partial charge is 0.480 e. The van der Waals surface area contributed by atoms with Gasteiger partial charge in [0.05, 0.1) is 0 Å². The van der Waals surface area contributed by atoms with Crippen LogP contribution in [0.5, 0.6) is 0 Å². The highest BCUT2D eigenvalue weighted by Gasteiger charge is 2.21. The van der Waals surface area contributed by atoms with Gasteiger partial charge in [0.15, 0.2) is 0 Å². The van der Waals surface area contributed by atoms with Gasteiger partial charge in [-0.2, -0.15) is 0 Å².